The molecule has 0 spiro atoms. The number of hydrogen-bond donors (Lipinski definition) is 1. The summed E-state index contributed by atoms with van der Waals surface area (Å²) in [6, 6.07) is 1.87. The van der Waals surface area contributed by atoms with E-state index in [1.807, 2.05) is 27.1 Å². The number of allylic oxidation sites excluding steroid dienone is 3. The average molecular weight is 314 g/mol. The van der Waals surface area contributed by atoms with Gasteiger partial charge >= 0.3 is 0 Å². The summed E-state index contributed by atoms with van der Waals surface area (Å²) in [5.74, 6) is 1.11. The lowest BCUT2D eigenvalue weighted by atomic mass is 10.0. The van der Waals surface area contributed by atoms with Crippen molar-refractivity contribution in [1.29, 1.82) is 0 Å². The van der Waals surface area contributed by atoms with Gasteiger partial charge in [-0.1, -0.05) is 0 Å². The van der Waals surface area contributed by atoms with E-state index < -0.39 is 0 Å². The number of aromatic nitrogens is 1. The van der Waals surface area contributed by atoms with Gasteiger partial charge in [0.05, 0.1) is 11.9 Å². The molecule has 0 radical (unpaired) electrons. The van der Waals surface area contributed by atoms with Gasteiger partial charge in [0.1, 0.15) is 12.1 Å². The molecule has 0 atom stereocenters. The Morgan fingerprint density at radius 3 is 2.61 bits per heavy atom. The van der Waals surface area contributed by atoms with E-state index in [-0.39, 0.29) is 0 Å². The molecule has 2 heterocycles. The third-order valence-corrected chi connectivity index (χ3v) is 4.09. The molecule has 5 nitrogen and oxygen atoms in total. The number of nitrogens with zero attached hydrogens (tertiary/aromatic N) is 3. The van der Waals surface area contributed by atoms with E-state index in [1.54, 1.807) is 12.3 Å². The van der Waals surface area contributed by atoms with Crippen LogP contribution in [0.25, 0.3) is 5.57 Å². The number of carbonyl (C=O) groups is 1. The Labute approximate surface area is 138 Å². The lowest BCUT2D eigenvalue weighted by molar-refractivity contribution is -0.104. The molecule has 23 heavy (non-hydrogen) atoms. The van der Waals surface area contributed by atoms with Gasteiger partial charge in [0, 0.05) is 38.4 Å². The summed E-state index contributed by atoms with van der Waals surface area (Å²) in [6.45, 7) is 4.02. The number of likely N-dealkylation sites (tertiary alicyclic amines) is 1. The van der Waals surface area contributed by atoms with Gasteiger partial charge in [0.2, 0.25) is 0 Å². The molecule has 0 bridgehead atoms. The first-order valence-electron chi connectivity index (χ1n) is 8.05. The molecule has 2 N–H and O–H groups in total. The maximum Gasteiger partial charge on any atom is 0.143 e. The normalized spacial score (nSPS) is 16.4. The number of aldehydes is 1. The number of piperidine rings is 1. The molecular formula is C18H26N4O. The Bertz CT molecular complexity index is 613. The molecule has 124 valence electrons. The number of rotatable bonds is 5. The number of hydrogen-bond acceptors (Lipinski definition) is 5. The van der Waals surface area contributed by atoms with Crippen LogP contribution in [0, 0.1) is 6.92 Å². The monoisotopic (exact) mass is 314 g/mol. The van der Waals surface area contributed by atoms with Crippen LogP contribution in [0.1, 0.15) is 30.5 Å². The van der Waals surface area contributed by atoms with Gasteiger partial charge in [-0.05, 0) is 50.0 Å². The van der Waals surface area contributed by atoms with E-state index in [9.17, 15) is 4.79 Å². The van der Waals surface area contributed by atoms with Crippen LogP contribution >= 0.6 is 0 Å². The zero-order chi connectivity index (χ0) is 16.8. The maximum atomic E-state index is 11.1. The van der Waals surface area contributed by atoms with Crippen molar-refractivity contribution in [2.75, 3.05) is 32.9 Å². The molecule has 1 aromatic heterocycles. The standard InChI is InChI=1S/C18H26N4O/c1-14-17(12-16(19)13-20-14)15(7-10-23)11-18(21(2)3)22-8-5-4-6-9-22/h7,10-13H,4-6,8-9,19H2,1-3H3/b15-7+,18-11+. The van der Waals surface area contributed by atoms with Gasteiger partial charge in [-0.3, -0.25) is 9.78 Å². The van der Waals surface area contributed by atoms with E-state index in [0.29, 0.717) is 5.69 Å². The molecule has 1 aliphatic rings. The van der Waals surface area contributed by atoms with Gasteiger partial charge in [0.15, 0.2) is 0 Å². The lowest BCUT2D eigenvalue weighted by Gasteiger charge is -2.35. The zero-order valence-electron chi connectivity index (χ0n) is 14.2. The van der Waals surface area contributed by atoms with Crippen molar-refractivity contribution in [2.45, 2.75) is 26.2 Å². The largest absolute Gasteiger partial charge is 0.397 e. The Kier molecular flexibility index (Phi) is 5.79. The Hall–Kier alpha value is -2.30. The summed E-state index contributed by atoms with van der Waals surface area (Å²) in [5.41, 5.74) is 9.07. The van der Waals surface area contributed by atoms with Crippen LogP contribution in [-0.4, -0.2) is 48.3 Å². The highest BCUT2D eigenvalue weighted by atomic mass is 16.1. The predicted molar refractivity (Wildman–Crippen MR) is 94.6 cm³/mol. The van der Waals surface area contributed by atoms with E-state index >= 15 is 0 Å². The van der Waals surface area contributed by atoms with Crippen molar-refractivity contribution in [1.82, 2.24) is 14.8 Å². The van der Waals surface area contributed by atoms with E-state index in [0.717, 1.165) is 42.0 Å². The fourth-order valence-electron chi connectivity index (χ4n) is 2.90. The molecule has 1 saturated heterocycles. The Morgan fingerprint density at radius 1 is 1.30 bits per heavy atom. The first kappa shape index (κ1) is 17.1. The van der Waals surface area contributed by atoms with Crippen LogP contribution in [0.3, 0.4) is 0 Å². The zero-order valence-corrected chi connectivity index (χ0v) is 14.2. The third kappa shape index (κ3) is 4.34. The van der Waals surface area contributed by atoms with Gasteiger partial charge in [-0.25, -0.2) is 0 Å². The van der Waals surface area contributed by atoms with Crippen molar-refractivity contribution in [3.63, 3.8) is 0 Å². The van der Waals surface area contributed by atoms with Crippen LogP contribution in [0.4, 0.5) is 5.69 Å². The first-order valence-corrected chi connectivity index (χ1v) is 8.05. The second-order valence-corrected chi connectivity index (χ2v) is 6.10. The summed E-state index contributed by atoms with van der Waals surface area (Å²) in [5, 5.41) is 0. The minimum absolute atomic E-state index is 0.597. The number of nitrogen functional groups attached to an aromatic ring is 1. The van der Waals surface area contributed by atoms with Crippen molar-refractivity contribution < 1.29 is 4.79 Å². The van der Waals surface area contributed by atoms with Crippen LogP contribution in [0.15, 0.2) is 30.2 Å². The SMILES string of the molecule is Cc1ncc(N)cc1C(=C/C=O)/C=C(\N(C)C)N1CCCCC1. The van der Waals surface area contributed by atoms with E-state index in [4.69, 9.17) is 5.73 Å². The molecule has 1 fully saturated rings. The van der Waals surface area contributed by atoms with Crippen molar-refractivity contribution >= 4 is 17.5 Å². The molecule has 0 saturated carbocycles. The van der Waals surface area contributed by atoms with Crippen molar-refractivity contribution in [3.05, 3.63) is 41.5 Å². The molecule has 0 amide bonds. The summed E-state index contributed by atoms with van der Waals surface area (Å²) < 4.78 is 0. The Balaban J connectivity index is 2.44. The fourth-order valence-corrected chi connectivity index (χ4v) is 2.90. The van der Waals surface area contributed by atoms with Crippen molar-refractivity contribution in [2.24, 2.45) is 0 Å². The quantitative estimate of drug-likeness (QED) is 0.514. The highest BCUT2D eigenvalue weighted by Crippen LogP contribution is 2.25. The van der Waals surface area contributed by atoms with Crippen LogP contribution in [-0.2, 0) is 4.79 Å². The van der Waals surface area contributed by atoms with Crippen LogP contribution in [0.5, 0.6) is 0 Å². The molecule has 0 unspecified atom stereocenters. The minimum atomic E-state index is 0.597. The van der Waals surface area contributed by atoms with Crippen molar-refractivity contribution in [3.8, 4) is 0 Å². The first-order chi connectivity index (χ1) is 11.0. The molecule has 2 rings (SSSR count). The molecular weight excluding hydrogens is 288 g/mol. The van der Waals surface area contributed by atoms with E-state index in [1.165, 1.54) is 19.3 Å². The van der Waals surface area contributed by atoms with Gasteiger partial charge < -0.3 is 15.5 Å². The smallest absolute Gasteiger partial charge is 0.143 e. The number of aryl methyl sites for hydroxylation is 1. The highest BCUT2D eigenvalue weighted by molar-refractivity contribution is 5.87. The third-order valence-electron chi connectivity index (χ3n) is 4.09. The minimum Gasteiger partial charge on any atom is -0.397 e. The summed E-state index contributed by atoms with van der Waals surface area (Å²) in [6.07, 6.45) is 9.79. The predicted octanol–water partition coefficient (Wildman–Crippen LogP) is 2.44. The number of nitrogens with two attached hydrogens (primary N) is 1. The summed E-state index contributed by atoms with van der Waals surface area (Å²) in [4.78, 5) is 19.9. The summed E-state index contributed by atoms with van der Waals surface area (Å²) in [7, 11) is 4.06. The van der Waals surface area contributed by atoms with Gasteiger partial charge in [0.25, 0.3) is 0 Å². The highest BCUT2D eigenvalue weighted by Gasteiger charge is 2.16. The maximum absolute atomic E-state index is 11.1. The fraction of sp³-hybridized carbons (Fsp3) is 0.444. The number of pyridine rings is 1. The molecule has 5 heteroatoms. The number of carbonyl (C=O) groups excluding carboxylic acids is 1. The molecule has 1 aliphatic heterocycles. The summed E-state index contributed by atoms with van der Waals surface area (Å²) >= 11 is 0. The molecule has 0 aromatic carbocycles. The lowest BCUT2D eigenvalue weighted by Crippen LogP contribution is -2.35. The average Bonchev–Trinajstić information content (AvgIpc) is 2.54. The van der Waals surface area contributed by atoms with Gasteiger partial charge in [-0.2, -0.15) is 0 Å². The molecule has 1 aromatic rings. The topological polar surface area (TPSA) is 62.5 Å². The number of anilines is 1. The molecule has 0 aliphatic carbocycles. The van der Waals surface area contributed by atoms with Crippen LogP contribution < -0.4 is 5.73 Å². The Morgan fingerprint density at radius 2 is 2.00 bits per heavy atom. The second kappa shape index (κ2) is 7.81. The van der Waals surface area contributed by atoms with Crippen LogP contribution in [0.2, 0.25) is 0 Å². The van der Waals surface area contributed by atoms with Gasteiger partial charge in [-0.15, -0.1) is 0 Å². The van der Waals surface area contributed by atoms with E-state index in [2.05, 4.69) is 20.9 Å². The second-order valence-electron chi connectivity index (χ2n) is 6.10.